The molecule has 0 aliphatic heterocycles. The average Bonchev–Trinajstić information content (AvgIpc) is 3.22. The van der Waals surface area contributed by atoms with E-state index >= 15 is 0 Å². The van der Waals surface area contributed by atoms with E-state index in [-0.39, 0.29) is 50.6 Å². The van der Waals surface area contributed by atoms with Gasteiger partial charge >= 0.3 is 6.36 Å². The summed E-state index contributed by atoms with van der Waals surface area (Å²) in [4.78, 5) is 12.3. The summed E-state index contributed by atoms with van der Waals surface area (Å²) in [6.45, 7) is 1.62. The first kappa shape index (κ1) is 25.9. The van der Waals surface area contributed by atoms with Gasteiger partial charge in [0.15, 0.2) is 14.9 Å². The van der Waals surface area contributed by atoms with Crippen molar-refractivity contribution < 1.29 is 31.1 Å². The summed E-state index contributed by atoms with van der Waals surface area (Å²) in [6, 6.07) is 9.46. The number of alkyl halides is 3. The lowest BCUT2D eigenvalue weighted by molar-refractivity contribution is -0.274. The molecule has 0 aliphatic carbocycles. The first-order chi connectivity index (χ1) is 15.9. The molecule has 182 valence electrons. The monoisotopic (exact) mass is 535 g/mol. The van der Waals surface area contributed by atoms with Gasteiger partial charge < -0.3 is 10.1 Å². The molecule has 0 radical (unpaired) electrons. The number of nitrogens with one attached hydrogen (secondary N) is 1. The predicted molar refractivity (Wildman–Crippen MR) is 122 cm³/mol. The highest BCUT2D eigenvalue weighted by Gasteiger charge is 2.32. The molecule has 1 N–H and O–H groups in total. The van der Waals surface area contributed by atoms with E-state index in [0.29, 0.717) is 0 Å². The summed E-state index contributed by atoms with van der Waals surface area (Å²) in [5.41, 5.74) is 0.374. The van der Waals surface area contributed by atoms with Gasteiger partial charge in [0.05, 0.1) is 15.8 Å². The number of halogens is 5. The minimum absolute atomic E-state index is 0.00233. The second kappa shape index (κ2) is 10.2. The zero-order valence-electron chi connectivity index (χ0n) is 17.6. The third kappa shape index (κ3) is 6.43. The Balaban J connectivity index is 1.73. The molecule has 0 atom stereocenters. The van der Waals surface area contributed by atoms with Gasteiger partial charge in [-0.15, -0.1) is 13.2 Å². The SMILES string of the molecule is CCS(=O)(=O)c1ccn(CCC(=O)Nc2cc(Cl)c(-c3ccccc3OC(F)(F)F)c(Cl)c2)n1. The number of nitrogens with zero attached hydrogens (tertiary/aromatic N) is 2. The number of ether oxygens (including phenoxy) is 1. The molecule has 1 heterocycles. The minimum atomic E-state index is -4.90. The van der Waals surface area contributed by atoms with E-state index in [2.05, 4.69) is 15.2 Å². The van der Waals surface area contributed by atoms with Crippen molar-refractivity contribution >= 4 is 44.6 Å². The van der Waals surface area contributed by atoms with Crippen molar-refractivity contribution in [3.63, 3.8) is 0 Å². The number of benzene rings is 2. The number of rotatable bonds is 8. The molecule has 0 fully saturated rings. The Bertz CT molecular complexity index is 1290. The van der Waals surface area contributed by atoms with Crippen molar-refractivity contribution in [3.05, 3.63) is 58.7 Å². The van der Waals surface area contributed by atoms with Gasteiger partial charge in [-0.2, -0.15) is 5.10 Å². The molecule has 0 unspecified atom stereocenters. The van der Waals surface area contributed by atoms with Gasteiger partial charge in [0.1, 0.15) is 5.75 Å². The van der Waals surface area contributed by atoms with Crippen LogP contribution in [-0.4, -0.2) is 36.2 Å². The van der Waals surface area contributed by atoms with E-state index < -0.39 is 27.9 Å². The van der Waals surface area contributed by atoms with Crippen LogP contribution < -0.4 is 10.1 Å². The van der Waals surface area contributed by atoms with Gasteiger partial charge in [-0.05, 0) is 24.3 Å². The fraction of sp³-hybridized carbons (Fsp3) is 0.238. The Hall–Kier alpha value is -2.76. The number of carbonyl (C=O) groups is 1. The van der Waals surface area contributed by atoms with Gasteiger partial charge in [0.25, 0.3) is 0 Å². The number of anilines is 1. The summed E-state index contributed by atoms with van der Waals surface area (Å²) >= 11 is 12.6. The standard InChI is InChI=1S/C21H18Cl2F3N3O4S/c1-2-34(31,32)19-8-10-29(28-19)9-7-18(30)27-13-11-15(22)20(16(23)12-13)14-5-3-4-6-17(14)33-21(24,25)26/h3-6,8,10-12H,2,7,9H2,1H3,(H,27,30). The van der Waals surface area contributed by atoms with Gasteiger partial charge in [0.2, 0.25) is 5.91 Å². The van der Waals surface area contributed by atoms with Crippen LogP contribution in [0.4, 0.5) is 18.9 Å². The molecule has 0 spiro atoms. The van der Waals surface area contributed by atoms with E-state index in [1.807, 2.05) is 0 Å². The first-order valence-corrected chi connectivity index (χ1v) is 12.2. The number of para-hydroxylation sites is 1. The van der Waals surface area contributed by atoms with Crippen LogP contribution in [0.3, 0.4) is 0 Å². The van der Waals surface area contributed by atoms with Gasteiger partial charge in [-0.3, -0.25) is 9.48 Å². The zero-order valence-corrected chi connectivity index (χ0v) is 19.9. The van der Waals surface area contributed by atoms with E-state index in [0.717, 1.165) is 6.07 Å². The molecule has 0 saturated heterocycles. The van der Waals surface area contributed by atoms with E-state index in [9.17, 15) is 26.4 Å². The molecule has 3 aromatic rings. The van der Waals surface area contributed by atoms with Crippen molar-refractivity contribution in [2.75, 3.05) is 11.1 Å². The summed E-state index contributed by atoms with van der Waals surface area (Å²) in [5, 5.41) is 6.48. The highest BCUT2D eigenvalue weighted by molar-refractivity contribution is 7.91. The van der Waals surface area contributed by atoms with Crippen molar-refractivity contribution in [1.29, 1.82) is 0 Å². The highest BCUT2D eigenvalue weighted by Crippen LogP contribution is 2.42. The third-order valence-electron chi connectivity index (χ3n) is 4.59. The Morgan fingerprint density at radius 3 is 2.41 bits per heavy atom. The molecule has 13 heteroatoms. The van der Waals surface area contributed by atoms with Crippen molar-refractivity contribution in [2.45, 2.75) is 31.3 Å². The molecule has 0 bridgehead atoms. The van der Waals surface area contributed by atoms with Crippen LogP contribution in [0.1, 0.15) is 13.3 Å². The summed E-state index contributed by atoms with van der Waals surface area (Å²) in [7, 11) is -3.45. The maximum absolute atomic E-state index is 12.7. The van der Waals surface area contributed by atoms with Gasteiger partial charge in [0, 0.05) is 36.0 Å². The van der Waals surface area contributed by atoms with Crippen LogP contribution in [0.15, 0.2) is 53.7 Å². The summed E-state index contributed by atoms with van der Waals surface area (Å²) in [6.07, 6.45) is -3.48. The number of amides is 1. The van der Waals surface area contributed by atoms with Crippen molar-refractivity contribution in [2.24, 2.45) is 0 Å². The minimum Gasteiger partial charge on any atom is -0.405 e. The number of hydrogen-bond acceptors (Lipinski definition) is 5. The number of hydrogen-bond donors (Lipinski definition) is 1. The number of aryl methyl sites for hydroxylation is 1. The summed E-state index contributed by atoms with van der Waals surface area (Å²) in [5.74, 6) is -0.996. The zero-order chi connectivity index (χ0) is 25.1. The molecule has 34 heavy (non-hydrogen) atoms. The molecule has 2 aromatic carbocycles. The first-order valence-electron chi connectivity index (χ1n) is 9.80. The van der Waals surface area contributed by atoms with Crippen LogP contribution in [0.5, 0.6) is 5.75 Å². The van der Waals surface area contributed by atoms with Crippen LogP contribution in [-0.2, 0) is 21.2 Å². The lowest BCUT2D eigenvalue weighted by Crippen LogP contribution is -2.17. The quantitative estimate of drug-likeness (QED) is 0.406. The van der Waals surface area contributed by atoms with Gasteiger partial charge in [-0.1, -0.05) is 48.3 Å². The molecule has 0 saturated carbocycles. The van der Waals surface area contributed by atoms with Crippen LogP contribution >= 0.6 is 23.2 Å². The number of carbonyl (C=O) groups excluding carboxylic acids is 1. The van der Waals surface area contributed by atoms with E-state index in [1.165, 1.54) is 54.2 Å². The summed E-state index contributed by atoms with van der Waals surface area (Å²) < 4.78 is 67.3. The lowest BCUT2D eigenvalue weighted by atomic mass is 10.0. The second-order valence-electron chi connectivity index (χ2n) is 6.98. The van der Waals surface area contributed by atoms with Crippen LogP contribution in [0.2, 0.25) is 10.0 Å². The molecule has 7 nitrogen and oxygen atoms in total. The third-order valence-corrected chi connectivity index (χ3v) is 6.80. The van der Waals surface area contributed by atoms with E-state index in [4.69, 9.17) is 23.2 Å². The maximum atomic E-state index is 12.7. The fourth-order valence-electron chi connectivity index (χ4n) is 3.01. The number of sulfone groups is 1. The highest BCUT2D eigenvalue weighted by atomic mass is 35.5. The number of aromatic nitrogens is 2. The average molecular weight is 536 g/mol. The second-order valence-corrected chi connectivity index (χ2v) is 10.0. The Kier molecular flexibility index (Phi) is 7.79. The predicted octanol–water partition coefficient (Wildman–Crippen LogP) is 5.58. The molecule has 1 aromatic heterocycles. The van der Waals surface area contributed by atoms with Gasteiger partial charge in [-0.25, -0.2) is 8.42 Å². The van der Waals surface area contributed by atoms with E-state index in [1.54, 1.807) is 0 Å². The molecular weight excluding hydrogens is 518 g/mol. The largest absolute Gasteiger partial charge is 0.573 e. The van der Waals surface area contributed by atoms with Crippen LogP contribution in [0, 0.1) is 0 Å². The molecule has 1 amide bonds. The lowest BCUT2D eigenvalue weighted by Gasteiger charge is -2.16. The normalized spacial score (nSPS) is 11.9. The Labute approximate surface area is 203 Å². The molecular formula is C21H18Cl2F3N3O4S. The Morgan fingerprint density at radius 1 is 1.15 bits per heavy atom. The molecule has 0 aliphatic rings. The maximum Gasteiger partial charge on any atom is 0.573 e. The van der Waals surface area contributed by atoms with Crippen molar-refractivity contribution in [1.82, 2.24) is 9.78 Å². The van der Waals surface area contributed by atoms with Crippen LogP contribution in [0.25, 0.3) is 11.1 Å². The topological polar surface area (TPSA) is 90.3 Å². The smallest absolute Gasteiger partial charge is 0.405 e. The Morgan fingerprint density at radius 2 is 1.79 bits per heavy atom. The molecule has 3 rings (SSSR count). The van der Waals surface area contributed by atoms with Crippen molar-refractivity contribution in [3.8, 4) is 16.9 Å². The fourth-order valence-corrected chi connectivity index (χ4v) is 4.49.